The van der Waals surface area contributed by atoms with Crippen LogP contribution in [0.1, 0.15) is 18.5 Å². The number of benzene rings is 1. The quantitative estimate of drug-likeness (QED) is 0.840. The highest BCUT2D eigenvalue weighted by Crippen LogP contribution is 2.20. The molecular weight excluding hydrogens is 303 g/mol. The molecule has 0 spiro atoms. The van der Waals surface area contributed by atoms with Gasteiger partial charge in [0, 0.05) is 11.1 Å². The van der Waals surface area contributed by atoms with E-state index in [4.69, 9.17) is 16.7 Å². The van der Waals surface area contributed by atoms with Crippen molar-refractivity contribution in [3.05, 3.63) is 34.9 Å². The van der Waals surface area contributed by atoms with Crippen LogP contribution >= 0.6 is 24.0 Å². The zero-order valence-corrected chi connectivity index (χ0v) is 12.9. The summed E-state index contributed by atoms with van der Waals surface area (Å²) >= 11 is 5.82. The number of carbonyl (C=O) groups is 2. The van der Waals surface area contributed by atoms with Crippen LogP contribution in [0.3, 0.4) is 0 Å². The minimum Gasteiger partial charge on any atom is -0.480 e. The lowest BCUT2D eigenvalue weighted by molar-refractivity contribution is -0.138. The van der Waals surface area contributed by atoms with Gasteiger partial charge >= 0.3 is 5.97 Å². The van der Waals surface area contributed by atoms with E-state index in [1.807, 2.05) is 24.0 Å². The summed E-state index contributed by atoms with van der Waals surface area (Å²) in [6.45, 7) is 1.74. The SMILES string of the molecule is CC(c1ccc(Cl)cc1)N(C)CC(=O)NCC(=O)O.Cl. The molecule has 0 heterocycles. The van der Waals surface area contributed by atoms with Crippen LogP contribution in [0.4, 0.5) is 0 Å². The fraction of sp³-hybridized carbons (Fsp3) is 0.385. The van der Waals surface area contributed by atoms with Crippen molar-refractivity contribution in [2.45, 2.75) is 13.0 Å². The number of aliphatic carboxylic acids is 1. The predicted molar refractivity (Wildman–Crippen MR) is 80.4 cm³/mol. The summed E-state index contributed by atoms with van der Waals surface area (Å²) in [5.41, 5.74) is 1.04. The zero-order chi connectivity index (χ0) is 14.4. The first kappa shape index (κ1) is 18.7. The summed E-state index contributed by atoms with van der Waals surface area (Å²) in [5, 5.41) is 11.5. The highest BCUT2D eigenvalue weighted by Gasteiger charge is 2.15. The van der Waals surface area contributed by atoms with Crippen molar-refractivity contribution < 1.29 is 14.7 Å². The van der Waals surface area contributed by atoms with Gasteiger partial charge in [0.15, 0.2) is 0 Å². The van der Waals surface area contributed by atoms with Gasteiger partial charge in [-0.25, -0.2) is 0 Å². The van der Waals surface area contributed by atoms with E-state index in [1.165, 1.54) is 0 Å². The maximum atomic E-state index is 11.5. The van der Waals surface area contributed by atoms with Gasteiger partial charge in [-0.3, -0.25) is 14.5 Å². The first-order chi connectivity index (χ1) is 8.90. The molecule has 2 N–H and O–H groups in total. The van der Waals surface area contributed by atoms with Gasteiger partial charge in [0.1, 0.15) is 6.54 Å². The third-order valence-corrected chi connectivity index (χ3v) is 3.10. The van der Waals surface area contributed by atoms with Crippen LogP contribution in [-0.2, 0) is 9.59 Å². The van der Waals surface area contributed by atoms with E-state index < -0.39 is 5.97 Å². The van der Waals surface area contributed by atoms with Gasteiger partial charge in [-0.1, -0.05) is 23.7 Å². The lowest BCUT2D eigenvalue weighted by atomic mass is 10.1. The first-order valence-corrected chi connectivity index (χ1v) is 6.22. The van der Waals surface area contributed by atoms with Crippen molar-refractivity contribution in [1.82, 2.24) is 10.2 Å². The number of nitrogens with one attached hydrogen (secondary N) is 1. The van der Waals surface area contributed by atoms with Crippen molar-refractivity contribution in [2.75, 3.05) is 20.1 Å². The smallest absolute Gasteiger partial charge is 0.322 e. The maximum Gasteiger partial charge on any atom is 0.322 e. The predicted octanol–water partition coefficient (Wildman–Crippen LogP) is 1.96. The molecule has 0 saturated heterocycles. The van der Waals surface area contributed by atoms with E-state index in [9.17, 15) is 9.59 Å². The molecule has 1 aromatic rings. The van der Waals surface area contributed by atoms with E-state index in [-0.39, 0.29) is 37.4 Å². The Morgan fingerprint density at radius 1 is 1.35 bits per heavy atom. The van der Waals surface area contributed by atoms with Crippen LogP contribution in [0.25, 0.3) is 0 Å². The highest BCUT2D eigenvalue weighted by atomic mass is 35.5. The van der Waals surface area contributed by atoms with E-state index >= 15 is 0 Å². The minimum atomic E-state index is -1.05. The Labute approximate surface area is 129 Å². The fourth-order valence-electron chi connectivity index (χ4n) is 1.59. The number of likely N-dealkylation sites (N-methyl/N-ethyl adjacent to an activating group) is 1. The number of amides is 1. The molecule has 0 aromatic heterocycles. The number of rotatable bonds is 6. The van der Waals surface area contributed by atoms with Crippen LogP contribution in [0.5, 0.6) is 0 Å². The standard InChI is InChI=1S/C13H17ClN2O3.ClH/c1-9(10-3-5-11(14)6-4-10)16(2)8-12(17)15-7-13(18)19;/h3-6,9H,7-8H2,1-2H3,(H,15,17)(H,18,19);1H. The number of nitrogens with zero attached hydrogens (tertiary/aromatic N) is 1. The summed E-state index contributed by atoms with van der Waals surface area (Å²) in [6.07, 6.45) is 0. The van der Waals surface area contributed by atoms with Gasteiger partial charge in [0.05, 0.1) is 6.54 Å². The van der Waals surface area contributed by atoms with E-state index in [0.29, 0.717) is 5.02 Å². The van der Waals surface area contributed by atoms with Gasteiger partial charge in [0.25, 0.3) is 0 Å². The van der Waals surface area contributed by atoms with Crippen LogP contribution in [0, 0.1) is 0 Å². The summed E-state index contributed by atoms with van der Waals surface area (Å²) < 4.78 is 0. The summed E-state index contributed by atoms with van der Waals surface area (Å²) in [5.74, 6) is -1.37. The lowest BCUT2D eigenvalue weighted by Gasteiger charge is -2.24. The second-order valence-corrected chi connectivity index (χ2v) is 4.75. The molecule has 112 valence electrons. The molecule has 20 heavy (non-hydrogen) atoms. The van der Waals surface area contributed by atoms with Gasteiger partial charge in [-0.05, 0) is 31.7 Å². The van der Waals surface area contributed by atoms with Crippen LogP contribution in [-0.4, -0.2) is 42.0 Å². The second-order valence-electron chi connectivity index (χ2n) is 4.31. The molecule has 5 nitrogen and oxygen atoms in total. The van der Waals surface area contributed by atoms with Crippen molar-refractivity contribution >= 4 is 35.9 Å². The second kappa shape index (κ2) is 8.79. The molecule has 0 aliphatic heterocycles. The Kier molecular flexibility index (Phi) is 8.22. The van der Waals surface area contributed by atoms with E-state index in [2.05, 4.69) is 5.32 Å². The van der Waals surface area contributed by atoms with Crippen LogP contribution in [0.15, 0.2) is 24.3 Å². The molecule has 1 rings (SSSR count). The molecule has 1 amide bonds. The fourth-order valence-corrected chi connectivity index (χ4v) is 1.72. The number of hydrogen-bond acceptors (Lipinski definition) is 3. The Morgan fingerprint density at radius 2 is 1.90 bits per heavy atom. The largest absolute Gasteiger partial charge is 0.480 e. The van der Waals surface area contributed by atoms with E-state index in [0.717, 1.165) is 5.56 Å². The highest BCUT2D eigenvalue weighted by molar-refractivity contribution is 6.30. The topological polar surface area (TPSA) is 69.6 Å². The number of carbonyl (C=O) groups excluding carboxylic acids is 1. The molecule has 0 radical (unpaired) electrons. The van der Waals surface area contributed by atoms with E-state index in [1.54, 1.807) is 19.2 Å². The molecule has 7 heteroatoms. The number of carboxylic acids is 1. The average Bonchev–Trinajstić information content (AvgIpc) is 2.36. The molecule has 0 saturated carbocycles. The number of hydrogen-bond donors (Lipinski definition) is 2. The Morgan fingerprint density at radius 3 is 2.40 bits per heavy atom. The Hall–Kier alpha value is -1.30. The normalized spacial score (nSPS) is 11.6. The van der Waals surface area contributed by atoms with Gasteiger partial charge < -0.3 is 10.4 Å². The molecule has 0 aliphatic carbocycles. The summed E-state index contributed by atoms with van der Waals surface area (Å²) in [7, 11) is 1.81. The van der Waals surface area contributed by atoms with Crippen molar-refractivity contribution in [2.24, 2.45) is 0 Å². The van der Waals surface area contributed by atoms with Gasteiger partial charge in [-0.2, -0.15) is 0 Å². The molecular formula is C13H18Cl2N2O3. The molecule has 1 aromatic carbocycles. The van der Waals surface area contributed by atoms with Gasteiger partial charge in [0.2, 0.25) is 5.91 Å². The molecule has 1 atom stereocenters. The third-order valence-electron chi connectivity index (χ3n) is 2.84. The minimum absolute atomic E-state index is 0. The molecule has 0 fully saturated rings. The maximum absolute atomic E-state index is 11.5. The van der Waals surface area contributed by atoms with Crippen LogP contribution in [0.2, 0.25) is 5.02 Å². The van der Waals surface area contributed by atoms with Gasteiger partial charge in [-0.15, -0.1) is 12.4 Å². The summed E-state index contributed by atoms with van der Waals surface area (Å²) in [6, 6.07) is 7.43. The van der Waals surface area contributed by atoms with Crippen molar-refractivity contribution in [3.63, 3.8) is 0 Å². The van der Waals surface area contributed by atoms with Crippen molar-refractivity contribution in [3.8, 4) is 0 Å². The molecule has 0 bridgehead atoms. The Balaban J connectivity index is 0.00000361. The summed E-state index contributed by atoms with van der Waals surface area (Å²) in [4.78, 5) is 23.7. The van der Waals surface area contributed by atoms with Crippen molar-refractivity contribution in [1.29, 1.82) is 0 Å². The third kappa shape index (κ3) is 6.23. The zero-order valence-electron chi connectivity index (χ0n) is 11.3. The Bertz CT molecular complexity index is 451. The number of halogens is 2. The average molecular weight is 321 g/mol. The van der Waals surface area contributed by atoms with Crippen LogP contribution < -0.4 is 5.32 Å². The number of carboxylic acid groups (broad SMARTS) is 1. The molecule has 0 aliphatic rings. The molecule has 1 unspecified atom stereocenters. The first-order valence-electron chi connectivity index (χ1n) is 5.84. The monoisotopic (exact) mass is 320 g/mol. The lowest BCUT2D eigenvalue weighted by Crippen LogP contribution is -2.38.